The molecule has 0 saturated carbocycles. The number of rotatable bonds is 2. The van der Waals surface area contributed by atoms with Gasteiger partial charge in [-0.2, -0.15) is 0 Å². The van der Waals surface area contributed by atoms with Gasteiger partial charge in [0.1, 0.15) is 0 Å². The van der Waals surface area contributed by atoms with Crippen LogP contribution in [0.2, 0.25) is 5.02 Å². The number of phenolic OH excluding ortho intramolecular Hbond substituents is 1. The zero-order valence-corrected chi connectivity index (χ0v) is 11.0. The van der Waals surface area contributed by atoms with Crippen molar-refractivity contribution in [1.29, 1.82) is 0 Å². The lowest BCUT2D eigenvalue weighted by molar-refractivity contribution is 0.424. The van der Waals surface area contributed by atoms with Crippen LogP contribution in [0.1, 0.15) is 16.5 Å². The minimum absolute atomic E-state index is 0. The minimum Gasteiger partial charge on any atom is -0.505 e. The molecule has 0 radical (unpaired) electrons. The fourth-order valence-corrected chi connectivity index (χ4v) is 2.40. The van der Waals surface area contributed by atoms with E-state index in [9.17, 15) is 9.50 Å². The van der Waals surface area contributed by atoms with Crippen LogP contribution in [-0.4, -0.2) is 5.11 Å². The van der Waals surface area contributed by atoms with Gasteiger partial charge in [-0.15, -0.1) is 23.7 Å². The van der Waals surface area contributed by atoms with E-state index in [1.807, 2.05) is 17.5 Å². The average Bonchev–Trinajstić information content (AvgIpc) is 2.75. The molecular weight excluding hydrogens is 284 g/mol. The van der Waals surface area contributed by atoms with Crippen LogP contribution < -0.4 is 5.73 Å². The minimum atomic E-state index is -0.755. The van der Waals surface area contributed by atoms with Crippen LogP contribution in [0.5, 0.6) is 5.75 Å². The molecule has 0 spiro atoms. The second-order valence-corrected chi connectivity index (χ2v) is 4.73. The molecule has 17 heavy (non-hydrogen) atoms. The van der Waals surface area contributed by atoms with Gasteiger partial charge in [-0.3, -0.25) is 0 Å². The van der Waals surface area contributed by atoms with E-state index in [-0.39, 0.29) is 17.4 Å². The van der Waals surface area contributed by atoms with Crippen molar-refractivity contribution in [3.8, 4) is 5.75 Å². The Balaban J connectivity index is 0.00000144. The number of thiophene rings is 1. The summed E-state index contributed by atoms with van der Waals surface area (Å²) in [4.78, 5) is 0.844. The molecule has 2 nitrogen and oxygen atoms in total. The summed E-state index contributed by atoms with van der Waals surface area (Å²) in [7, 11) is 0. The molecule has 0 fully saturated rings. The van der Waals surface area contributed by atoms with Crippen LogP contribution in [0.4, 0.5) is 4.39 Å². The summed E-state index contributed by atoms with van der Waals surface area (Å²) < 4.78 is 13.3. The van der Waals surface area contributed by atoms with Gasteiger partial charge in [0.15, 0.2) is 11.6 Å². The Labute approximate surface area is 113 Å². The third-order valence-electron chi connectivity index (χ3n) is 2.24. The number of nitrogens with two attached hydrogens (primary N) is 1. The molecule has 0 unspecified atom stereocenters. The first kappa shape index (κ1) is 14.3. The second-order valence-electron chi connectivity index (χ2n) is 3.32. The van der Waals surface area contributed by atoms with Gasteiger partial charge in [-0.05, 0) is 23.6 Å². The largest absolute Gasteiger partial charge is 0.505 e. The van der Waals surface area contributed by atoms with Gasteiger partial charge in [0.05, 0.1) is 6.04 Å². The molecule has 0 amide bonds. The lowest BCUT2D eigenvalue weighted by atomic mass is 10.0. The normalized spacial score (nSPS) is 11.9. The van der Waals surface area contributed by atoms with E-state index in [2.05, 4.69) is 0 Å². The van der Waals surface area contributed by atoms with Crippen molar-refractivity contribution >= 4 is 35.3 Å². The highest BCUT2D eigenvalue weighted by atomic mass is 35.5. The van der Waals surface area contributed by atoms with E-state index in [4.69, 9.17) is 17.3 Å². The molecule has 1 heterocycles. The third-order valence-corrected chi connectivity index (χ3v) is 3.42. The first-order valence-corrected chi connectivity index (χ1v) is 5.82. The van der Waals surface area contributed by atoms with Crippen LogP contribution >= 0.6 is 35.3 Å². The van der Waals surface area contributed by atoms with E-state index in [1.165, 1.54) is 17.4 Å². The second kappa shape index (κ2) is 5.69. The van der Waals surface area contributed by atoms with Gasteiger partial charge in [0.25, 0.3) is 0 Å². The standard InChI is InChI=1S/C11H9ClFNOS.ClH/c12-6-4-7(11(15)8(13)5-6)10(14)9-2-1-3-16-9;/h1-5,10,15H,14H2;1H/t10-;/m1./s1. The summed E-state index contributed by atoms with van der Waals surface area (Å²) in [6, 6.07) is 5.64. The van der Waals surface area contributed by atoms with E-state index >= 15 is 0 Å². The van der Waals surface area contributed by atoms with Crippen LogP contribution in [0.25, 0.3) is 0 Å². The van der Waals surface area contributed by atoms with E-state index < -0.39 is 17.6 Å². The quantitative estimate of drug-likeness (QED) is 0.886. The fourth-order valence-electron chi connectivity index (χ4n) is 1.44. The maximum atomic E-state index is 13.3. The van der Waals surface area contributed by atoms with Crippen molar-refractivity contribution in [2.45, 2.75) is 6.04 Å². The number of hydrogen-bond acceptors (Lipinski definition) is 3. The number of halogens is 3. The lowest BCUT2D eigenvalue weighted by Gasteiger charge is -2.12. The van der Waals surface area contributed by atoms with Crippen LogP contribution in [0.15, 0.2) is 29.6 Å². The molecule has 2 aromatic rings. The van der Waals surface area contributed by atoms with E-state index in [1.54, 1.807) is 0 Å². The Morgan fingerprint density at radius 2 is 2.12 bits per heavy atom. The molecule has 1 aromatic heterocycles. The number of phenols is 1. The van der Waals surface area contributed by atoms with E-state index in [0.29, 0.717) is 5.56 Å². The van der Waals surface area contributed by atoms with Gasteiger partial charge >= 0.3 is 0 Å². The molecule has 3 N–H and O–H groups in total. The number of benzene rings is 1. The van der Waals surface area contributed by atoms with Crippen molar-refractivity contribution < 1.29 is 9.50 Å². The molecule has 1 atom stereocenters. The highest BCUT2D eigenvalue weighted by Crippen LogP contribution is 2.33. The number of aromatic hydroxyl groups is 1. The molecule has 2 rings (SSSR count). The molecular formula is C11H10Cl2FNOS. The van der Waals surface area contributed by atoms with Crippen molar-refractivity contribution in [3.05, 3.63) is 50.9 Å². The molecule has 0 aliphatic heterocycles. The summed E-state index contributed by atoms with van der Waals surface area (Å²) in [6.07, 6.45) is 0. The summed E-state index contributed by atoms with van der Waals surface area (Å²) >= 11 is 7.17. The predicted octanol–water partition coefficient (Wildman–Crippen LogP) is 3.72. The van der Waals surface area contributed by atoms with Crippen molar-refractivity contribution in [2.24, 2.45) is 5.73 Å². The summed E-state index contributed by atoms with van der Waals surface area (Å²) in [5.74, 6) is -1.19. The Kier molecular flexibility index (Phi) is 4.77. The summed E-state index contributed by atoms with van der Waals surface area (Å²) in [5, 5.41) is 11.7. The van der Waals surface area contributed by atoms with E-state index in [0.717, 1.165) is 10.9 Å². The molecule has 0 aliphatic carbocycles. The highest BCUT2D eigenvalue weighted by molar-refractivity contribution is 7.10. The molecule has 0 saturated heterocycles. The van der Waals surface area contributed by atoms with Crippen molar-refractivity contribution in [1.82, 2.24) is 0 Å². The van der Waals surface area contributed by atoms with Crippen molar-refractivity contribution in [3.63, 3.8) is 0 Å². The molecule has 0 aliphatic rings. The van der Waals surface area contributed by atoms with Crippen LogP contribution in [0, 0.1) is 5.82 Å². The maximum absolute atomic E-state index is 13.3. The topological polar surface area (TPSA) is 46.2 Å². The molecule has 92 valence electrons. The van der Waals surface area contributed by atoms with Gasteiger partial charge < -0.3 is 10.8 Å². The zero-order valence-electron chi connectivity index (χ0n) is 8.56. The SMILES string of the molecule is Cl.N[C@@H](c1cccs1)c1cc(Cl)cc(F)c1O. The van der Waals surface area contributed by atoms with Gasteiger partial charge in [0.2, 0.25) is 0 Å². The predicted molar refractivity (Wildman–Crippen MR) is 70.7 cm³/mol. The third kappa shape index (κ3) is 2.90. The first-order valence-electron chi connectivity index (χ1n) is 4.56. The molecule has 6 heteroatoms. The van der Waals surface area contributed by atoms with Gasteiger partial charge in [-0.1, -0.05) is 17.7 Å². The Hall–Kier alpha value is -0.810. The maximum Gasteiger partial charge on any atom is 0.166 e. The lowest BCUT2D eigenvalue weighted by Crippen LogP contribution is -2.10. The average molecular weight is 294 g/mol. The van der Waals surface area contributed by atoms with Gasteiger partial charge in [0, 0.05) is 15.5 Å². The smallest absolute Gasteiger partial charge is 0.166 e. The number of hydrogen-bond donors (Lipinski definition) is 2. The first-order chi connectivity index (χ1) is 7.59. The molecule has 1 aromatic carbocycles. The zero-order chi connectivity index (χ0) is 11.7. The Morgan fingerprint density at radius 3 is 2.71 bits per heavy atom. The fraction of sp³-hybridized carbons (Fsp3) is 0.0909. The van der Waals surface area contributed by atoms with Crippen LogP contribution in [0.3, 0.4) is 0 Å². The molecule has 0 bridgehead atoms. The van der Waals surface area contributed by atoms with Crippen molar-refractivity contribution in [2.75, 3.05) is 0 Å². The highest BCUT2D eigenvalue weighted by Gasteiger charge is 2.17. The van der Waals surface area contributed by atoms with Crippen LogP contribution in [-0.2, 0) is 0 Å². The monoisotopic (exact) mass is 293 g/mol. The summed E-state index contributed by atoms with van der Waals surface area (Å²) in [6.45, 7) is 0. The van der Waals surface area contributed by atoms with Gasteiger partial charge in [-0.25, -0.2) is 4.39 Å². The Bertz CT molecular complexity index is 504. The summed E-state index contributed by atoms with van der Waals surface area (Å²) in [5.41, 5.74) is 6.22. The Morgan fingerprint density at radius 1 is 1.41 bits per heavy atom.